The van der Waals surface area contributed by atoms with Crippen molar-refractivity contribution in [1.29, 1.82) is 0 Å². The number of aliphatic hydroxyl groups excluding tert-OH is 1. The van der Waals surface area contributed by atoms with Crippen molar-refractivity contribution < 1.29 is 9.90 Å². The van der Waals surface area contributed by atoms with Gasteiger partial charge in [-0.05, 0) is 44.2 Å². The minimum absolute atomic E-state index is 0.0691. The maximum absolute atomic E-state index is 12.4. The summed E-state index contributed by atoms with van der Waals surface area (Å²) in [5.74, 6) is 0.762. The number of amides is 2. The number of aromatic amines is 1. The fraction of sp³-hybridized carbons (Fsp3) is 0.529. The van der Waals surface area contributed by atoms with Crippen molar-refractivity contribution in [3.63, 3.8) is 0 Å². The van der Waals surface area contributed by atoms with Crippen LogP contribution in [0.1, 0.15) is 37.1 Å². The molecule has 1 aromatic heterocycles. The maximum atomic E-state index is 12.4. The van der Waals surface area contributed by atoms with Crippen LogP contribution in [0.25, 0.3) is 11.0 Å². The number of nitrogens with zero attached hydrogens (tertiary/aromatic N) is 2. The Morgan fingerprint density at radius 3 is 3.13 bits per heavy atom. The van der Waals surface area contributed by atoms with E-state index in [-0.39, 0.29) is 18.7 Å². The third-order valence-corrected chi connectivity index (χ3v) is 4.52. The Labute approximate surface area is 135 Å². The second-order valence-electron chi connectivity index (χ2n) is 6.17. The lowest BCUT2D eigenvalue weighted by Crippen LogP contribution is -2.48. The van der Waals surface area contributed by atoms with Gasteiger partial charge >= 0.3 is 6.03 Å². The molecule has 3 rings (SSSR count). The van der Waals surface area contributed by atoms with Crippen LogP contribution in [0.3, 0.4) is 0 Å². The summed E-state index contributed by atoms with van der Waals surface area (Å²) in [5.41, 5.74) is 3.06. The number of rotatable bonds is 4. The number of H-pyrrole nitrogens is 1. The van der Waals surface area contributed by atoms with Crippen LogP contribution in [0.4, 0.5) is 4.79 Å². The Bertz CT molecular complexity index is 680. The Morgan fingerprint density at radius 2 is 2.35 bits per heavy atom. The topological polar surface area (TPSA) is 81.2 Å². The number of carbonyl (C=O) groups excluding carboxylic acids is 1. The minimum Gasteiger partial charge on any atom is -0.396 e. The molecule has 6 nitrogen and oxygen atoms in total. The maximum Gasteiger partial charge on any atom is 0.318 e. The Balaban J connectivity index is 1.64. The molecule has 2 amide bonds. The largest absolute Gasteiger partial charge is 0.396 e. The zero-order valence-corrected chi connectivity index (χ0v) is 13.5. The number of aryl methyl sites for hydroxylation is 1. The standard InChI is InChI=1S/C17H24N4O2/c1-12-5-4-7-14-16(12)20-15(19-14)11-18-17(23)21-9-3-2-6-13(21)8-10-22/h4-5,7,13,22H,2-3,6,8-11H2,1H3,(H,18,23)(H,19,20). The summed E-state index contributed by atoms with van der Waals surface area (Å²) in [7, 11) is 0. The molecular weight excluding hydrogens is 292 g/mol. The molecule has 1 aromatic carbocycles. The van der Waals surface area contributed by atoms with E-state index in [2.05, 4.69) is 15.3 Å². The normalized spacial score (nSPS) is 18.3. The van der Waals surface area contributed by atoms with Gasteiger partial charge in [-0.1, -0.05) is 12.1 Å². The van der Waals surface area contributed by atoms with Crippen molar-refractivity contribution in [2.45, 2.75) is 45.2 Å². The monoisotopic (exact) mass is 316 g/mol. The number of fused-ring (bicyclic) bond motifs is 1. The molecule has 124 valence electrons. The van der Waals surface area contributed by atoms with Crippen molar-refractivity contribution in [1.82, 2.24) is 20.2 Å². The second kappa shape index (κ2) is 7.00. The average Bonchev–Trinajstić information content (AvgIpc) is 2.98. The highest BCUT2D eigenvalue weighted by Gasteiger charge is 2.26. The fourth-order valence-electron chi connectivity index (χ4n) is 3.29. The summed E-state index contributed by atoms with van der Waals surface area (Å²) in [5, 5.41) is 12.1. The number of para-hydroxylation sites is 1. The highest BCUT2D eigenvalue weighted by Crippen LogP contribution is 2.20. The third kappa shape index (κ3) is 3.47. The van der Waals surface area contributed by atoms with Gasteiger partial charge in [-0.2, -0.15) is 0 Å². The number of imidazole rings is 1. The Kier molecular flexibility index (Phi) is 4.81. The first-order valence-corrected chi connectivity index (χ1v) is 8.28. The van der Waals surface area contributed by atoms with Crippen molar-refractivity contribution in [2.24, 2.45) is 0 Å². The Hall–Kier alpha value is -2.08. The summed E-state index contributed by atoms with van der Waals surface area (Å²) in [6.07, 6.45) is 3.77. The molecule has 0 saturated carbocycles. The molecule has 1 fully saturated rings. The molecule has 0 spiro atoms. The SMILES string of the molecule is Cc1cccc2[nH]c(CNC(=O)N3CCCCC3CCO)nc12. The lowest BCUT2D eigenvalue weighted by molar-refractivity contribution is 0.131. The molecule has 0 aliphatic carbocycles. The summed E-state index contributed by atoms with van der Waals surface area (Å²) >= 11 is 0. The number of piperidine rings is 1. The Morgan fingerprint density at radius 1 is 1.48 bits per heavy atom. The van der Waals surface area contributed by atoms with E-state index < -0.39 is 0 Å². The van der Waals surface area contributed by atoms with Gasteiger partial charge in [0.15, 0.2) is 0 Å². The average molecular weight is 316 g/mol. The van der Waals surface area contributed by atoms with Crippen molar-refractivity contribution >= 4 is 17.1 Å². The summed E-state index contributed by atoms with van der Waals surface area (Å²) in [6, 6.07) is 6.08. The lowest BCUT2D eigenvalue weighted by Gasteiger charge is -2.35. The van der Waals surface area contributed by atoms with E-state index >= 15 is 0 Å². The van der Waals surface area contributed by atoms with Gasteiger partial charge in [-0.25, -0.2) is 9.78 Å². The molecule has 23 heavy (non-hydrogen) atoms. The smallest absolute Gasteiger partial charge is 0.318 e. The predicted molar refractivity (Wildman–Crippen MR) is 89.1 cm³/mol. The van der Waals surface area contributed by atoms with E-state index in [9.17, 15) is 4.79 Å². The van der Waals surface area contributed by atoms with Crippen LogP contribution in [0.5, 0.6) is 0 Å². The third-order valence-electron chi connectivity index (χ3n) is 4.52. The van der Waals surface area contributed by atoms with Crippen LogP contribution in [0.15, 0.2) is 18.2 Å². The number of carbonyl (C=O) groups is 1. The number of hydrogen-bond acceptors (Lipinski definition) is 3. The van der Waals surface area contributed by atoms with E-state index in [1.54, 1.807) is 0 Å². The second-order valence-corrected chi connectivity index (χ2v) is 6.17. The van der Waals surface area contributed by atoms with Gasteiger partial charge in [0.2, 0.25) is 0 Å². The van der Waals surface area contributed by atoms with E-state index in [0.717, 1.165) is 48.2 Å². The zero-order chi connectivity index (χ0) is 16.2. The predicted octanol–water partition coefficient (Wildman–Crippen LogP) is 2.32. The molecule has 1 aliphatic heterocycles. The van der Waals surface area contributed by atoms with Gasteiger partial charge in [-0.15, -0.1) is 0 Å². The number of likely N-dealkylation sites (tertiary alicyclic amines) is 1. The number of aliphatic hydroxyl groups is 1. The molecule has 0 radical (unpaired) electrons. The van der Waals surface area contributed by atoms with Gasteiger partial charge in [0.05, 0.1) is 17.6 Å². The van der Waals surface area contributed by atoms with Crippen molar-refractivity contribution in [2.75, 3.05) is 13.2 Å². The zero-order valence-electron chi connectivity index (χ0n) is 13.5. The van der Waals surface area contributed by atoms with Crippen molar-refractivity contribution in [3.05, 3.63) is 29.6 Å². The van der Waals surface area contributed by atoms with Gasteiger partial charge in [0.25, 0.3) is 0 Å². The molecular formula is C17H24N4O2. The molecule has 3 N–H and O–H groups in total. The number of nitrogens with one attached hydrogen (secondary N) is 2. The highest BCUT2D eigenvalue weighted by atomic mass is 16.3. The van der Waals surface area contributed by atoms with Crippen LogP contribution < -0.4 is 5.32 Å². The van der Waals surface area contributed by atoms with E-state index in [1.165, 1.54) is 0 Å². The molecule has 1 saturated heterocycles. The molecule has 1 unspecified atom stereocenters. The first kappa shape index (κ1) is 15.8. The van der Waals surface area contributed by atoms with E-state index in [1.807, 2.05) is 30.0 Å². The minimum atomic E-state index is -0.0691. The van der Waals surface area contributed by atoms with Gasteiger partial charge in [-0.3, -0.25) is 0 Å². The molecule has 2 heterocycles. The summed E-state index contributed by atoms with van der Waals surface area (Å²) < 4.78 is 0. The fourth-order valence-corrected chi connectivity index (χ4v) is 3.29. The van der Waals surface area contributed by atoms with Gasteiger partial charge in [0, 0.05) is 19.2 Å². The first-order chi connectivity index (χ1) is 11.2. The number of urea groups is 1. The summed E-state index contributed by atoms with van der Waals surface area (Å²) in [6.45, 7) is 3.29. The molecule has 0 bridgehead atoms. The van der Waals surface area contributed by atoms with Crippen LogP contribution >= 0.6 is 0 Å². The van der Waals surface area contributed by atoms with Crippen LogP contribution in [0.2, 0.25) is 0 Å². The molecule has 6 heteroatoms. The molecule has 2 aromatic rings. The van der Waals surface area contributed by atoms with Gasteiger partial charge < -0.3 is 20.3 Å². The highest BCUT2D eigenvalue weighted by molar-refractivity contribution is 5.79. The quantitative estimate of drug-likeness (QED) is 0.809. The number of aromatic nitrogens is 2. The van der Waals surface area contributed by atoms with Crippen molar-refractivity contribution in [3.8, 4) is 0 Å². The molecule has 1 aliphatic rings. The van der Waals surface area contributed by atoms with Crippen LogP contribution in [-0.4, -0.2) is 45.2 Å². The lowest BCUT2D eigenvalue weighted by atomic mass is 10.0. The first-order valence-electron chi connectivity index (χ1n) is 8.28. The number of benzene rings is 1. The van der Waals surface area contributed by atoms with Gasteiger partial charge in [0.1, 0.15) is 5.82 Å². The van der Waals surface area contributed by atoms with E-state index in [4.69, 9.17) is 5.11 Å². The van der Waals surface area contributed by atoms with Crippen LogP contribution in [-0.2, 0) is 6.54 Å². The van der Waals surface area contributed by atoms with Crippen LogP contribution in [0, 0.1) is 6.92 Å². The van der Waals surface area contributed by atoms with E-state index in [0.29, 0.717) is 13.0 Å². The summed E-state index contributed by atoms with van der Waals surface area (Å²) in [4.78, 5) is 22.1. The number of hydrogen-bond donors (Lipinski definition) is 3. The molecule has 1 atom stereocenters.